The lowest BCUT2D eigenvalue weighted by Gasteiger charge is -2.32. The fraction of sp³-hybridized carbons (Fsp3) is 0.667. The summed E-state index contributed by atoms with van der Waals surface area (Å²) in [6.45, 7) is 7.64. The zero-order chi connectivity index (χ0) is 19.2. The summed E-state index contributed by atoms with van der Waals surface area (Å²) in [4.78, 5) is 15.2. The van der Waals surface area contributed by atoms with Gasteiger partial charge in [-0.2, -0.15) is 0 Å². The molecule has 0 radical (unpaired) electrons. The Labute approximate surface area is 161 Å². The molecule has 1 heterocycles. The molecule has 27 heavy (non-hydrogen) atoms. The number of rotatable bonds is 6. The van der Waals surface area contributed by atoms with Crippen LogP contribution in [0.5, 0.6) is 5.75 Å². The number of nitrogens with one attached hydrogen (secondary N) is 3. The summed E-state index contributed by atoms with van der Waals surface area (Å²) < 4.78 is 18.8. The Morgan fingerprint density at radius 1 is 1.19 bits per heavy atom. The second-order valence-electron chi connectivity index (χ2n) is 8.26. The van der Waals surface area contributed by atoms with Gasteiger partial charge < -0.3 is 19.9 Å². The summed E-state index contributed by atoms with van der Waals surface area (Å²) >= 11 is 0. The van der Waals surface area contributed by atoms with Crippen LogP contribution in [0.15, 0.2) is 18.2 Å². The van der Waals surface area contributed by atoms with Crippen molar-refractivity contribution in [3.8, 4) is 5.75 Å². The maximum atomic E-state index is 13.8. The van der Waals surface area contributed by atoms with Crippen molar-refractivity contribution < 1.29 is 23.7 Å². The zero-order valence-corrected chi connectivity index (χ0v) is 16.7. The van der Waals surface area contributed by atoms with E-state index in [-0.39, 0.29) is 11.7 Å². The number of benzene rings is 1. The van der Waals surface area contributed by atoms with E-state index in [2.05, 4.69) is 12.2 Å². The molecule has 0 bridgehead atoms. The van der Waals surface area contributed by atoms with E-state index in [1.807, 2.05) is 6.07 Å². The number of hydrogen-bond donors (Lipinski definition) is 3. The molecule has 1 aromatic rings. The normalized spacial score (nSPS) is 28.6. The van der Waals surface area contributed by atoms with Crippen LogP contribution < -0.4 is 19.9 Å². The van der Waals surface area contributed by atoms with Gasteiger partial charge in [-0.1, -0.05) is 19.8 Å². The minimum Gasteiger partial charge on any atom is -0.494 e. The standard InChI is InChI=1S/C21H32FN3O2/c1-16-5-3-4-6-19(16)23-21(26)15-25-11-9-24(10-12-25)14-17-7-8-20(27-2)18(22)13-17/h7-8,13,16,19H,3-6,9-12,14-15H2,1-2H3,(H,23,26)/p+2/t16-,19+/m0/s1. The maximum Gasteiger partial charge on any atom is 0.275 e. The Bertz CT molecular complexity index is 632. The largest absolute Gasteiger partial charge is 0.494 e. The number of ether oxygens (including phenoxy) is 1. The molecule has 1 saturated carbocycles. The lowest BCUT2D eigenvalue weighted by atomic mass is 9.86. The van der Waals surface area contributed by atoms with E-state index in [0.717, 1.165) is 44.7 Å². The predicted molar refractivity (Wildman–Crippen MR) is 102 cm³/mol. The van der Waals surface area contributed by atoms with Crippen molar-refractivity contribution in [2.75, 3.05) is 39.8 Å². The van der Waals surface area contributed by atoms with E-state index in [4.69, 9.17) is 4.74 Å². The van der Waals surface area contributed by atoms with E-state index < -0.39 is 0 Å². The SMILES string of the molecule is COc1ccc(C[NH+]2CC[NH+](CC(=O)N[C@@H]3CCCC[C@@H]3C)CC2)cc1F. The van der Waals surface area contributed by atoms with Crippen LogP contribution in [-0.2, 0) is 11.3 Å². The van der Waals surface area contributed by atoms with E-state index >= 15 is 0 Å². The number of piperazine rings is 1. The molecule has 2 aliphatic rings. The molecule has 2 fully saturated rings. The highest BCUT2D eigenvalue weighted by molar-refractivity contribution is 5.77. The Kier molecular flexibility index (Phi) is 7.07. The van der Waals surface area contributed by atoms with Crippen LogP contribution >= 0.6 is 0 Å². The average molecular weight is 380 g/mol. The quantitative estimate of drug-likeness (QED) is 0.642. The first-order valence-corrected chi connectivity index (χ1v) is 10.3. The van der Waals surface area contributed by atoms with Crippen LogP contribution in [-0.4, -0.2) is 51.8 Å². The molecule has 5 nitrogen and oxygen atoms in total. The van der Waals surface area contributed by atoms with Crippen molar-refractivity contribution in [2.24, 2.45) is 5.92 Å². The van der Waals surface area contributed by atoms with Gasteiger partial charge in [-0.3, -0.25) is 4.79 Å². The molecule has 1 aliphatic heterocycles. The topological polar surface area (TPSA) is 47.2 Å². The first-order valence-electron chi connectivity index (χ1n) is 10.3. The second-order valence-corrected chi connectivity index (χ2v) is 8.26. The molecule has 1 amide bonds. The number of carbonyl (C=O) groups is 1. The molecule has 1 aliphatic carbocycles. The zero-order valence-electron chi connectivity index (χ0n) is 16.7. The predicted octanol–water partition coefficient (Wildman–Crippen LogP) is -0.187. The van der Waals surface area contributed by atoms with Crippen molar-refractivity contribution >= 4 is 5.91 Å². The average Bonchev–Trinajstić information content (AvgIpc) is 2.65. The summed E-state index contributed by atoms with van der Waals surface area (Å²) in [5, 5.41) is 3.26. The van der Waals surface area contributed by atoms with Crippen molar-refractivity contribution in [1.82, 2.24) is 5.32 Å². The van der Waals surface area contributed by atoms with Crippen molar-refractivity contribution in [2.45, 2.75) is 45.2 Å². The molecule has 150 valence electrons. The summed E-state index contributed by atoms with van der Waals surface area (Å²) in [5.41, 5.74) is 0.996. The molecule has 0 unspecified atom stereocenters. The third-order valence-corrected chi connectivity index (χ3v) is 6.20. The molecule has 3 N–H and O–H groups in total. The first kappa shape index (κ1) is 20.1. The Morgan fingerprint density at radius 2 is 1.89 bits per heavy atom. The second kappa shape index (κ2) is 9.51. The van der Waals surface area contributed by atoms with Crippen LogP contribution in [0.3, 0.4) is 0 Å². The van der Waals surface area contributed by atoms with Crippen LogP contribution in [0.25, 0.3) is 0 Å². The van der Waals surface area contributed by atoms with E-state index in [9.17, 15) is 9.18 Å². The third kappa shape index (κ3) is 5.66. The number of hydrogen-bond acceptors (Lipinski definition) is 2. The molecular weight excluding hydrogens is 345 g/mol. The number of methoxy groups -OCH3 is 1. The Hall–Kier alpha value is -1.66. The van der Waals surface area contributed by atoms with Crippen molar-refractivity contribution in [1.29, 1.82) is 0 Å². The molecule has 0 aromatic heterocycles. The summed E-state index contributed by atoms with van der Waals surface area (Å²) in [6.07, 6.45) is 4.88. The van der Waals surface area contributed by atoms with E-state index in [0.29, 0.717) is 24.3 Å². The summed E-state index contributed by atoms with van der Waals surface area (Å²) in [5.74, 6) is 0.793. The van der Waals surface area contributed by atoms with E-state index in [1.54, 1.807) is 12.1 Å². The molecule has 0 spiro atoms. The van der Waals surface area contributed by atoms with Gasteiger partial charge in [-0.25, -0.2) is 4.39 Å². The van der Waals surface area contributed by atoms with Crippen LogP contribution in [0, 0.1) is 11.7 Å². The first-order chi connectivity index (χ1) is 13.0. The molecular formula is C21H34FN3O2+2. The number of quaternary nitrogens is 2. The van der Waals surface area contributed by atoms with Crippen LogP contribution in [0.4, 0.5) is 4.39 Å². The fourth-order valence-electron chi connectivity index (χ4n) is 4.43. The van der Waals surface area contributed by atoms with Gasteiger partial charge in [-0.15, -0.1) is 0 Å². The van der Waals surface area contributed by atoms with Gasteiger partial charge in [0.15, 0.2) is 18.1 Å². The molecule has 1 saturated heterocycles. The number of halogens is 1. The van der Waals surface area contributed by atoms with Crippen LogP contribution in [0.2, 0.25) is 0 Å². The molecule has 1 aromatic carbocycles. The number of amides is 1. The molecule has 3 rings (SSSR count). The van der Waals surface area contributed by atoms with Crippen LogP contribution in [0.1, 0.15) is 38.2 Å². The highest BCUT2D eigenvalue weighted by Gasteiger charge is 2.27. The third-order valence-electron chi connectivity index (χ3n) is 6.20. The summed E-state index contributed by atoms with van der Waals surface area (Å²) in [6, 6.07) is 5.57. The smallest absolute Gasteiger partial charge is 0.275 e. The highest BCUT2D eigenvalue weighted by atomic mass is 19.1. The highest BCUT2D eigenvalue weighted by Crippen LogP contribution is 2.23. The summed E-state index contributed by atoms with van der Waals surface area (Å²) in [7, 11) is 1.48. The van der Waals surface area contributed by atoms with Crippen molar-refractivity contribution in [3.63, 3.8) is 0 Å². The minimum absolute atomic E-state index is 0.199. The van der Waals surface area contributed by atoms with Crippen molar-refractivity contribution in [3.05, 3.63) is 29.6 Å². The monoisotopic (exact) mass is 379 g/mol. The van der Waals surface area contributed by atoms with E-state index in [1.165, 1.54) is 36.2 Å². The van der Waals surface area contributed by atoms with Gasteiger partial charge >= 0.3 is 0 Å². The van der Waals surface area contributed by atoms with Gasteiger partial charge in [0, 0.05) is 11.6 Å². The van der Waals surface area contributed by atoms with Gasteiger partial charge in [-0.05, 0) is 37.0 Å². The lowest BCUT2D eigenvalue weighted by Crippen LogP contribution is -3.28. The molecule has 2 atom stereocenters. The maximum absolute atomic E-state index is 13.8. The fourth-order valence-corrected chi connectivity index (χ4v) is 4.43. The van der Waals surface area contributed by atoms with Gasteiger partial charge in [0.25, 0.3) is 5.91 Å². The lowest BCUT2D eigenvalue weighted by molar-refractivity contribution is -1.02. The molecule has 6 heteroatoms. The minimum atomic E-state index is -0.299. The van der Waals surface area contributed by atoms with Gasteiger partial charge in [0.2, 0.25) is 0 Å². The van der Waals surface area contributed by atoms with Gasteiger partial charge in [0.1, 0.15) is 32.7 Å². The number of carbonyl (C=O) groups excluding carboxylic acids is 1. The Morgan fingerprint density at radius 3 is 2.56 bits per heavy atom. The van der Waals surface area contributed by atoms with Gasteiger partial charge in [0.05, 0.1) is 7.11 Å². The Balaban J connectivity index is 1.40.